The van der Waals surface area contributed by atoms with Crippen molar-refractivity contribution in [3.8, 4) is 0 Å². The van der Waals surface area contributed by atoms with Crippen LogP contribution in [-0.2, 0) is 9.53 Å². The van der Waals surface area contributed by atoms with Gasteiger partial charge in [-0.2, -0.15) is 0 Å². The Bertz CT molecular complexity index is 681. The van der Waals surface area contributed by atoms with Crippen molar-refractivity contribution in [2.24, 2.45) is 46.3 Å². The number of aliphatic hydroxyl groups is 2. The zero-order valence-electron chi connectivity index (χ0n) is 20.6. The minimum Gasteiger partial charge on any atom is -0.479 e. The van der Waals surface area contributed by atoms with Gasteiger partial charge < -0.3 is 20.1 Å². The van der Waals surface area contributed by atoms with Crippen LogP contribution < -0.4 is 0 Å². The number of hydrogen-bond acceptors (Lipinski definition) is 4. The Balaban J connectivity index is 1.47. The van der Waals surface area contributed by atoms with E-state index >= 15 is 0 Å². The fraction of sp³-hybridized carbons (Fsp3) is 0.963. The van der Waals surface area contributed by atoms with E-state index in [1.54, 1.807) is 0 Å². The molecular weight excluding hydrogens is 404 g/mol. The molecule has 3 N–H and O–H groups in total. The van der Waals surface area contributed by atoms with Crippen molar-refractivity contribution >= 4 is 5.97 Å². The summed E-state index contributed by atoms with van der Waals surface area (Å²) in [6.45, 7) is 9.55. The summed E-state index contributed by atoms with van der Waals surface area (Å²) in [7, 11) is 0. The number of carboxylic acids is 1. The van der Waals surface area contributed by atoms with Gasteiger partial charge in [0.15, 0.2) is 6.10 Å². The molecule has 0 heterocycles. The minimum absolute atomic E-state index is 0.165. The van der Waals surface area contributed by atoms with Gasteiger partial charge in [-0.3, -0.25) is 0 Å². The zero-order chi connectivity index (χ0) is 23.3. The van der Waals surface area contributed by atoms with E-state index in [-0.39, 0.29) is 23.5 Å². The van der Waals surface area contributed by atoms with Crippen LogP contribution in [0.5, 0.6) is 0 Å². The first-order valence-electron chi connectivity index (χ1n) is 13.3. The molecular formula is C27H46O5. The molecule has 0 aromatic heterocycles. The summed E-state index contributed by atoms with van der Waals surface area (Å²) in [5, 5.41) is 30.9. The summed E-state index contributed by atoms with van der Waals surface area (Å²) in [5.74, 6) is 2.45. The average Bonchev–Trinajstić information content (AvgIpc) is 3.09. The highest BCUT2D eigenvalue weighted by atomic mass is 16.5. The maximum Gasteiger partial charge on any atom is 0.332 e. The van der Waals surface area contributed by atoms with Crippen molar-refractivity contribution < 1.29 is 24.9 Å². The van der Waals surface area contributed by atoms with Crippen molar-refractivity contribution in [1.82, 2.24) is 0 Å². The Morgan fingerprint density at radius 2 is 1.66 bits per heavy atom. The van der Waals surface area contributed by atoms with Gasteiger partial charge in [0.1, 0.15) is 0 Å². The van der Waals surface area contributed by atoms with Crippen molar-refractivity contribution in [3.63, 3.8) is 0 Å². The van der Waals surface area contributed by atoms with E-state index in [1.165, 1.54) is 25.7 Å². The SMILES string of the molecule is CCOC(CC[C@@H](C)[C@H]1CCC2C3C[C@H](O)[C@@H]4C[C@H](O)CC[C@]4(C)C3CC[C@@]21C)C(=O)O. The van der Waals surface area contributed by atoms with E-state index in [0.717, 1.165) is 32.1 Å². The van der Waals surface area contributed by atoms with E-state index in [9.17, 15) is 20.1 Å². The molecule has 11 atom stereocenters. The molecule has 5 nitrogen and oxygen atoms in total. The van der Waals surface area contributed by atoms with Gasteiger partial charge in [0.2, 0.25) is 0 Å². The third-order valence-electron chi connectivity index (χ3n) is 10.9. The highest BCUT2D eigenvalue weighted by molar-refractivity contribution is 5.72. The molecule has 0 bridgehead atoms. The van der Waals surface area contributed by atoms with Gasteiger partial charge >= 0.3 is 5.97 Å². The smallest absolute Gasteiger partial charge is 0.332 e. The number of carbonyl (C=O) groups is 1. The molecule has 0 radical (unpaired) electrons. The summed E-state index contributed by atoms with van der Waals surface area (Å²) < 4.78 is 5.45. The van der Waals surface area contributed by atoms with Crippen LogP contribution in [0.3, 0.4) is 0 Å². The highest BCUT2D eigenvalue weighted by Crippen LogP contribution is 2.68. The van der Waals surface area contributed by atoms with Gasteiger partial charge in [-0.25, -0.2) is 4.79 Å². The van der Waals surface area contributed by atoms with Crippen LogP contribution in [0.15, 0.2) is 0 Å². The second kappa shape index (κ2) is 9.19. The number of aliphatic carboxylic acids is 1. The highest BCUT2D eigenvalue weighted by Gasteiger charge is 2.62. The second-order valence-corrected chi connectivity index (χ2v) is 12.3. The molecule has 4 aliphatic rings. The van der Waals surface area contributed by atoms with Gasteiger partial charge in [-0.05, 0) is 117 Å². The first kappa shape index (κ1) is 24.5. The monoisotopic (exact) mass is 450 g/mol. The molecule has 4 aliphatic carbocycles. The summed E-state index contributed by atoms with van der Waals surface area (Å²) in [6.07, 6.45) is 8.87. The van der Waals surface area contributed by atoms with E-state index in [2.05, 4.69) is 20.8 Å². The third kappa shape index (κ3) is 4.05. The Hall–Kier alpha value is -0.650. The topological polar surface area (TPSA) is 87.0 Å². The quantitative estimate of drug-likeness (QED) is 0.514. The fourth-order valence-electron chi connectivity index (χ4n) is 9.35. The third-order valence-corrected chi connectivity index (χ3v) is 10.9. The molecule has 4 unspecified atom stereocenters. The molecule has 184 valence electrons. The van der Waals surface area contributed by atoms with Crippen molar-refractivity contribution in [2.75, 3.05) is 6.61 Å². The molecule has 0 spiro atoms. The van der Waals surface area contributed by atoms with Crippen molar-refractivity contribution in [1.29, 1.82) is 0 Å². The average molecular weight is 451 g/mol. The molecule has 0 saturated heterocycles. The number of fused-ring (bicyclic) bond motifs is 5. The van der Waals surface area contributed by atoms with Crippen LogP contribution in [0.25, 0.3) is 0 Å². The van der Waals surface area contributed by atoms with E-state index in [1.807, 2.05) is 6.92 Å². The van der Waals surface area contributed by atoms with Crippen LogP contribution in [0.4, 0.5) is 0 Å². The van der Waals surface area contributed by atoms with Crippen LogP contribution >= 0.6 is 0 Å². The van der Waals surface area contributed by atoms with E-state index < -0.39 is 12.1 Å². The largest absolute Gasteiger partial charge is 0.479 e. The lowest BCUT2D eigenvalue weighted by atomic mass is 9.44. The van der Waals surface area contributed by atoms with Gasteiger partial charge in [-0.15, -0.1) is 0 Å². The summed E-state index contributed by atoms with van der Waals surface area (Å²) in [5.41, 5.74) is 0.459. The van der Waals surface area contributed by atoms with Gasteiger partial charge in [-0.1, -0.05) is 20.8 Å². The minimum atomic E-state index is -0.841. The first-order chi connectivity index (χ1) is 15.1. The Morgan fingerprint density at radius 1 is 0.969 bits per heavy atom. The van der Waals surface area contributed by atoms with Crippen LogP contribution in [0.1, 0.15) is 91.9 Å². The van der Waals surface area contributed by atoms with E-state index in [4.69, 9.17) is 4.74 Å². The first-order valence-corrected chi connectivity index (χ1v) is 13.3. The predicted octanol–water partition coefficient (Wildman–Crippen LogP) is 4.88. The Morgan fingerprint density at radius 3 is 2.34 bits per heavy atom. The number of ether oxygens (including phenoxy) is 1. The molecule has 4 saturated carbocycles. The van der Waals surface area contributed by atoms with E-state index in [0.29, 0.717) is 48.0 Å². The van der Waals surface area contributed by atoms with Gasteiger partial charge in [0.05, 0.1) is 12.2 Å². The molecule has 4 rings (SSSR count). The van der Waals surface area contributed by atoms with Crippen LogP contribution in [0.2, 0.25) is 0 Å². The summed E-state index contributed by atoms with van der Waals surface area (Å²) in [6, 6.07) is 0. The van der Waals surface area contributed by atoms with Gasteiger partial charge in [0.25, 0.3) is 0 Å². The summed E-state index contributed by atoms with van der Waals surface area (Å²) in [4.78, 5) is 11.5. The lowest BCUT2D eigenvalue weighted by molar-refractivity contribution is -0.172. The van der Waals surface area contributed by atoms with Crippen molar-refractivity contribution in [2.45, 2.75) is 110 Å². The van der Waals surface area contributed by atoms with Crippen LogP contribution in [-0.4, -0.2) is 46.2 Å². The predicted molar refractivity (Wildman–Crippen MR) is 124 cm³/mol. The summed E-state index contributed by atoms with van der Waals surface area (Å²) >= 11 is 0. The molecule has 4 fully saturated rings. The molecule has 0 aliphatic heterocycles. The maximum atomic E-state index is 11.5. The number of hydrogen-bond donors (Lipinski definition) is 3. The van der Waals surface area contributed by atoms with Crippen LogP contribution in [0, 0.1) is 46.3 Å². The Labute approximate surface area is 194 Å². The molecule has 32 heavy (non-hydrogen) atoms. The molecule has 0 amide bonds. The lowest BCUT2D eigenvalue weighted by Gasteiger charge is -2.62. The Kier molecular flexibility index (Phi) is 7.03. The number of carboxylic acid groups (broad SMARTS) is 1. The maximum absolute atomic E-state index is 11.5. The standard InChI is InChI=1S/C27H46O5/c1-5-32-24(25(30)31)9-6-16(2)19-7-8-20-18-15-23(29)22-14-17(28)10-12-27(22,4)21(18)11-13-26(19,20)3/h16-24,28-29H,5-15H2,1-4H3,(H,30,31)/t16-,17-,18?,19-,20?,21?,22+,23+,24?,26-,27-/m1/s1. The molecule has 5 heteroatoms. The number of rotatable bonds is 7. The fourth-order valence-corrected chi connectivity index (χ4v) is 9.35. The molecule has 0 aromatic rings. The lowest BCUT2D eigenvalue weighted by Crippen LogP contribution is -2.58. The molecule has 0 aromatic carbocycles. The van der Waals surface area contributed by atoms with Crippen molar-refractivity contribution in [3.05, 3.63) is 0 Å². The normalized spacial score (nSPS) is 47.8. The van der Waals surface area contributed by atoms with Gasteiger partial charge in [0, 0.05) is 6.61 Å². The number of aliphatic hydroxyl groups excluding tert-OH is 2. The zero-order valence-corrected chi connectivity index (χ0v) is 20.6. The second-order valence-electron chi connectivity index (χ2n) is 12.3.